The maximum Gasteiger partial charge on any atom is 0.0463 e. The lowest BCUT2D eigenvalue weighted by Crippen LogP contribution is -1.91. The fourth-order valence-electron chi connectivity index (χ4n) is 5.17. The van der Waals surface area contributed by atoms with Crippen LogP contribution in [0.2, 0.25) is 0 Å². The fraction of sp³-hybridized carbons (Fsp3) is 0. The average molecular weight is 620 g/mol. The van der Waals surface area contributed by atoms with Gasteiger partial charge in [0.15, 0.2) is 0 Å². The highest BCUT2D eigenvalue weighted by molar-refractivity contribution is 9.10. The van der Waals surface area contributed by atoms with Crippen LogP contribution in [0.25, 0.3) is 43.1 Å². The molecule has 3 N–H and O–H groups in total. The minimum absolute atomic E-state index is 0.850. The first-order valence-electron chi connectivity index (χ1n) is 14.3. The van der Waals surface area contributed by atoms with Gasteiger partial charge in [-0.1, -0.05) is 149 Å². The Bertz CT molecular complexity index is 2130. The number of fused-ring (bicyclic) bond motifs is 4. The quantitative estimate of drug-likeness (QED) is 0.189. The molecule has 0 spiro atoms. The topological polar surface area (TPSA) is 38.0 Å². The van der Waals surface area contributed by atoms with Crippen molar-refractivity contribution in [3.8, 4) is 0 Å². The van der Waals surface area contributed by atoms with Crippen LogP contribution in [0.1, 0.15) is 0 Å². The Hall–Kier alpha value is -5.12. The Balaban J connectivity index is 0.000000126. The van der Waals surface area contributed by atoms with Gasteiger partial charge >= 0.3 is 0 Å². The van der Waals surface area contributed by atoms with E-state index in [4.69, 9.17) is 5.73 Å². The molecule has 8 rings (SSSR count). The van der Waals surface area contributed by atoms with Crippen LogP contribution in [0.4, 0.5) is 17.1 Å². The summed E-state index contributed by atoms with van der Waals surface area (Å²) in [5.74, 6) is 0. The minimum atomic E-state index is 0.850. The van der Waals surface area contributed by atoms with E-state index < -0.39 is 0 Å². The molecule has 2 nitrogen and oxygen atoms in total. The molecule has 0 aliphatic heterocycles. The summed E-state index contributed by atoms with van der Waals surface area (Å²) in [5.41, 5.74) is 8.86. The molecular formula is C40H31BrN2. The lowest BCUT2D eigenvalue weighted by molar-refractivity contribution is 1.60. The van der Waals surface area contributed by atoms with Crippen LogP contribution in [0.15, 0.2) is 174 Å². The lowest BCUT2D eigenvalue weighted by Gasteiger charge is -2.10. The fourth-order valence-corrected chi connectivity index (χ4v) is 5.55. The molecule has 208 valence electrons. The van der Waals surface area contributed by atoms with Crippen molar-refractivity contribution in [3.63, 3.8) is 0 Å². The van der Waals surface area contributed by atoms with Crippen LogP contribution in [0, 0.1) is 0 Å². The third-order valence-electron chi connectivity index (χ3n) is 7.35. The Morgan fingerprint density at radius 3 is 1.56 bits per heavy atom. The molecule has 0 saturated heterocycles. The van der Waals surface area contributed by atoms with Crippen LogP contribution >= 0.6 is 15.9 Å². The molecule has 8 aromatic rings. The number of nitrogen functional groups attached to an aromatic ring is 1. The Morgan fingerprint density at radius 2 is 0.884 bits per heavy atom. The van der Waals surface area contributed by atoms with E-state index in [1.165, 1.54) is 37.7 Å². The molecule has 0 atom stereocenters. The van der Waals surface area contributed by atoms with Gasteiger partial charge in [-0.3, -0.25) is 0 Å². The Kier molecular flexibility index (Phi) is 8.63. The molecule has 0 aliphatic carbocycles. The number of hydrogen-bond acceptors (Lipinski definition) is 2. The predicted octanol–water partition coefficient (Wildman–Crippen LogP) is 11.8. The van der Waals surface area contributed by atoms with Gasteiger partial charge in [-0.05, 0) is 68.7 Å². The van der Waals surface area contributed by atoms with Crippen molar-refractivity contribution in [1.29, 1.82) is 0 Å². The summed E-state index contributed by atoms with van der Waals surface area (Å²) < 4.78 is 1.14. The van der Waals surface area contributed by atoms with Crippen LogP contribution in [0.3, 0.4) is 0 Å². The van der Waals surface area contributed by atoms with E-state index in [9.17, 15) is 0 Å². The van der Waals surface area contributed by atoms with Gasteiger partial charge in [0.25, 0.3) is 0 Å². The molecule has 0 bridgehead atoms. The molecule has 0 unspecified atom stereocenters. The summed E-state index contributed by atoms with van der Waals surface area (Å²) in [7, 11) is 0. The Morgan fingerprint density at radius 1 is 0.395 bits per heavy atom. The second-order valence-corrected chi connectivity index (χ2v) is 11.2. The molecule has 43 heavy (non-hydrogen) atoms. The van der Waals surface area contributed by atoms with Gasteiger partial charge in [-0.15, -0.1) is 0 Å². The van der Waals surface area contributed by atoms with Crippen molar-refractivity contribution in [2.75, 3.05) is 11.1 Å². The summed E-state index contributed by atoms with van der Waals surface area (Å²) in [6.07, 6.45) is 0. The number of hydrogen-bond donors (Lipinski definition) is 2. The smallest absolute Gasteiger partial charge is 0.0463 e. The predicted molar refractivity (Wildman–Crippen MR) is 191 cm³/mol. The van der Waals surface area contributed by atoms with E-state index in [1.807, 2.05) is 30.3 Å². The van der Waals surface area contributed by atoms with E-state index in [0.717, 1.165) is 26.9 Å². The molecule has 0 heterocycles. The first kappa shape index (κ1) is 28.0. The van der Waals surface area contributed by atoms with Crippen molar-refractivity contribution in [1.82, 2.24) is 0 Å². The average Bonchev–Trinajstić information content (AvgIpc) is 3.06. The van der Waals surface area contributed by atoms with Crippen LogP contribution < -0.4 is 11.1 Å². The van der Waals surface area contributed by atoms with Gasteiger partial charge in [0, 0.05) is 32.3 Å². The van der Waals surface area contributed by atoms with Gasteiger partial charge in [-0.25, -0.2) is 0 Å². The summed E-state index contributed by atoms with van der Waals surface area (Å²) in [6.45, 7) is 0. The van der Waals surface area contributed by atoms with Gasteiger partial charge in [0.2, 0.25) is 0 Å². The number of halogens is 1. The third kappa shape index (κ3) is 6.86. The standard InChI is InChI=1S/C20H15N.C10H7Br.C10H9N/c1-2-8-17-14-18(13-12-15(17)6-1)21-20-11-5-9-16-7-3-4-10-19(16)20;11-10-6-5-8-3-1-2-4-9(8)7-10;11-10-7-3-5-8-4-1-2-6-9(8)10/h1-14,21H;1-7H;1-7H,11H2. The maximum atomic E-state index is 5.76. The zero-order chi connectivity index (χ0) is 29.4. The molecule has 0 fully saturated rings. The monoisotopic (exact) mass is 618 g/mol. The highest BCUT2D eigenvalue weighted by atomic mass is 79.9. The summed E-state index contributed by atoms with van der Waals surface area (Å²) in [6, 6.07) is 58.4. The second-order valence-electron chi connectivity index (χ2n) is 10.3. The number of nitrogens with one attached hydrogen (secondary N) is 1. The zero-order valence-electron chi connectivity index (χ0n) is 23.6. The largest absolute Gasteiger partial charge is 0.398 e. The molecular weight excluding hydrogens is 588 g/mol. The van der Waals surface area contributed by atoms with Gasteiger partial charge in [-0.2, -0.15) is 0 Å². The normalized spacial score (nSPS) is 10.5. The highest BCUT2D eigenvalue weighted by Crippen LogP contribution is 2.28. The summed E-state index contributed by atoms with van der Waals surface area (Å²) in [5, 5.41) is 13.5. The maximum absolute atomic E-state index is 5.76. The molecule has 0 aromatic heterocycles. The summed E-state index contributed by atoms with van der Waals surface area (Å²) >= 11 is 3.43. The molecule has 0 saturated carbocycles. The summed E-state index contributed by atoms with van der Waals surface area (Å²) in [4.78, 5) is 0. The van der Waals surface area contributed by atoms with Crippen molar-refractivity contribution < 1.29 is 0 Å². The third-order valence-corrected chi connectivity index (χ3v) is 7.85. The molecule has 8 aromatic carbocycles. The molecule has 0 aliphatic rings. The first-order chi connectivity index (χ1) is 21.1. The number of benzene rings is 8. The van der Waals surface area contributed by atoms with Crippen molar-refractivity contribution in [2.45, 2.75) is 0 Å². The van der Waals surface area contributed by atoms with Crippen LogP contribution in [-0.4, -0.2) is 0 Å². The van der Waals surface area contributed by atoms with E-state index in [2.05, 4.69) is 161 Å². The van der Waals surface area contributed by atoms with Crippen LogP contribution in [-0.2, 0) is 0 Å². The second kappa shape index (κ2) is 13.2. The lowest BCUT2D eigenvalue weighted by atomic mass is 10.1. The SMILES string of the molecule is Brc1ccc2ccccc2c1.Nc1cccc2ccccc12.c1ccc2cc(Nc3cccc4ccccc34)ccc2c1. The number of rotatable bonds is 2. The van der Waals surface area contributed by atoms with Crippen molar-refractivity contribution >= 4 is 76.1 Å². The van der Waals surface area contributed by atoms with E-state index in [0.29, 0.717) is 0 Å². The molecule has 3 heteroatoms. The molecule has 0 radical (unpaired) electrons. The van der Waals surface area contributed by atoms with Gasteiger partial charge in [0.05, 0.1) is 0 Å². The number of anilines is 3. The van der Waals surface area contributed by atoms with Crippen LogP contribution in [0.5, 0.6) is 0 Å². The van der Waals surface area contributed by atoms with Crippen molar-refractivity contribution in [2.24, 2.45) is 0 Å². The molecule has 0 amide bonds. The minimum Gasteiger partial charge on any atom is -0.398 e. The van der Waals surface area contributed by atoms with E-state index in [-0.39, 0.29) is 0 Å². The van der Waals surface area contributed by atoms with E-state index in [1.54, 1.807) is 0 Å². The van der Waals surface area contributed by atoms with Gasteiger partial charge in [0.1, 0.15) is 0 Å². The Labute approximate surface area is 260 Å². The highest BCUT2D eigenvalue weighted by Gasteiger charge is 2.01. The van der Waals surface area contributed by atoms with E-state index >= 15 is 0 Å². The zero-order valence-corrected chi connectivity index (χ0v) is 25.2. The number of nitrogens with two attached hydrogens (primary N) is 1. The van der Waals surface area contributed by atoms with Crippen molar-refractivity contribution in [3.05, 3.63) is 174 Å². The first-order valence-corrected chi connectivity index (χ1v) is 15.0. The van der Waals surface area contributed by atoms with Gasteiger partial charge < -0.3 is 11.1 Å².